The maximum absolute atomic E-state index is 12.4. The second-order valence-corrected chi connectivity index (χ2v) is 9.64. The first kappa shape index (κ1) is 22.5. The molecule has 1 aliphatic rings. The molecule has 1 aliphatic heterocycles. The lowest BCUT2D eigenvalue weighted by Gasteiger charge is -2.33. The van der Waals surface area contributed by atoms with Crippen LogP contribution in [0.2, 0.25) is 5.02 Å². The molecule has 0 aliphatic carbocycles. The molecular weight excluding hydrogens is 442 g/mol. The molecule has 0 spiro atoms. The van der Waals surface area contributed by atoms with Crippen LogP contribution in [0.3, 0.4) is 0 Å². The van der Waals surface area contributed by atoms with Gasteiger partial charge in [0.05, 0.1) is 15.7 Å². The fourth-order valence-corrected chi connectivity index (χ4v) is 5.86. The van der Waals surface area contributed by atoms with Crippen molar-refractivity contribution in [2.75, 3.05) is 12.8 Å². The highest BCUT2D eigenvalue weighted by Crippen LogP contribution is 2.44. The Hall–Kier alpha value is -2.23. The van der Waals surface area contributed by atoms with Crippen molar-refractivity contribution < 1.29 is 8.63 Å². The van der Waals surface area contributed by atoms with Crippen molar-refractivity contribution in [3.63, 3.8) is 0 Å². The van der Waals surface area contributed by atoms with E-state index in [1.165, 1.54) is 15.6 Å². The first-order valence-corrected chi connectivity index (χ1v) is 11.9. The van der Waals surface area contributed by atoms with Gasteiger partial charge >= 0.3 is 0 Å². The predicted molar refractivity (Wildman–Crippen MR) is 124 cm³/mol. The first-order chi connectivity index (χ1) is 14.3. The number of benzene rings is 1. The number of rotatable bonds is 3. The van der Waals surface area contributed by atoms with E-state index in [1.807, 2.05) is 51.1 Å². The zero-order chi connectivity index (χ0) is 22.1. The lowest BCUT2D eigenvalue weighted by atomic mass is 10.0. The number of thiophene rings is 1. The van der Waals surface area contributed by atoms with E-state index in [-0.39, 0.29) is 5.96 Å². The van der Waals surface area contributed by atoms with Crippen LogP contribution in [-0.2, 0) is 16.5 Å². The Morgan fingerprint density at radius 3 is 2.60 bits per heavy atom. The summed E-state index contributed by atoms with van der Waals surface area (Å²) in [5.74, 6) is 1.55. The lowest BCUT2D eigenvalue weighted by molar-refractivity contribution is 0.524. The number of aliphatic imine (C=N–C) groups is 1. The molecule has 0 bridgehead atoms. The average Bonchev–Trinajstić information content (AvgIpc) is 3.34. The van der Waals surface area contributed by atoms with Crippen molar-refractivity contribution >= 4 is 39.9 Å². The molecule has 0 amide bonds. The van der Waals surface area contributed by atoms with Crippen molar-refractivity contribution in [2.24, 2.45) is 10.7 Å². The van der Waals surface area contributed by atoms with Crippen LogP contribution in [0.15, 0.2) is 39.7 Å². The summed E-state index contributed by atoms with van der Waals surface area (Å²) in [6.07, 6.45) is 0. The third-order valence-corrected chi connectivity index (χ3v) is 7.94. The Bertz CT molecular complexity index is 1110. The molecule has 10 heteroatoms. The molecule has 3 aromatic rings. The van der Waals surface area contributed by atoms with E-state index in [9.17, 15) is 4.21 Å². The number of aryl methyl sites for hydroxylation is 1. The summed E-state index contributed by atoms with van der Waals surface area (Å²) in [5.41, 5.74) is 7.03. The number of nitrogens with zero attached hydrogens (tertiary/aromatic N) is 4. The smallest absolute Gasteiger partial charge is 0.247 e. The number of hydrogen-bond donors (Lipinski definition) is 1. The molecule has 30 heavy (non-hydrogen) atoms. The molecule has 0 saturated heterocycles. The predicted octanol–water partition coefficient (Wildman–Crippen LogP) is 4.59. The molecule has 0 fully saturated rings. The van der Waals surface area contributed by atoms with Crippen LogP contribution in [0.4, 0.5) is 0 Å². The highest BCUT2D eigenvalue weighted by atomic mass is 35.5. The zero-order valence-electron chi connectivity index (χ0n) is 17.5. The average molecular weight is 466 g/mol. The minimum absolute atomic E-state index is 0.242. The van der Waals surface area contributed by atoms with E-state index in [1.54, 1.807) is 14.0 Å². The summed E-state index contributed by atoms with van der Waals surface area (Å²) in [7, 11) is 0.411. The summed E-state index contributed by atoms with van der Waals surface area (Å²) in [4.78, 5) is 6.38. The molecule has 4 rings (SSSR count). The standard InChI is InChI=1S/C18H18ClN5O2S2.C2H6/c1-10-22-23-16(26-10)12-6-4-5-11(7-12)14-8-13(19)15(27-14)18(2)9-28(25)24(3)17(20)21-18;1-2/h4-8H,9H2,1-3H3,(H2,20,21);1-2H3/t18-,28?;/m0./s1. The van der Waals surface area contributed by atoms with Crippen LogP contribution < -0.4 is 5.73 Å². The molecule has 3 heterocycles. The highest BCUT2D eigenvalue weighted by molar-refractivity contribution is 7.83. The Morgan fingerprint density at radius 1 is 1.27 bits per heavy atom. The van der Waals surface area contributed by atoms with E-state index in [0.29, 0.717) is 22.6 Å². The van der Waals surface area contributed by atoms with Crippen LogP contribution in [0.1, 0.15) is 31.5 Å². The summed E-state index contributed by atoms with van der Waals surface area (Å²) in [6, 6.07) is 9.72. The number of halogens is 1. The van der Waals surface area contributed by atoms with Crippen LogP contribution in [0.5, 0.6) is 0 Å². The Balaban J connectivity index is 0.00000124. The van der Waals surface area contributed by atoms with Crippen molar-refractivity contribution in [2.45, 2.75) is 33.2 Å². The molecule has 0 radical (unpaired) electrons. The monoisotopic (exact) mass is 465 g/mol. The van der Waals surface area contributed by atoms with Gasteiger partial charge in [0, 0.05) is 24.4 Å². The van der Waals surface area contributed by atoms with E-state index >= 15 is 0 Å². The Morgan fingerprint density at radius 2 is 1.97 bits per heavy atom. The molecule has 2 aromatic heterocycles. The van der Waals surface area contributed by atoms with Crippen LogP contribution in [-0.4, -0.2) is 37.5 Å². The summed E-state index contributed by atoms with van der Waals surface area (Å²) >= 11 is 8.07. The maximum atomic E-state index is 12.4. The quantitative estimate of drug-likeness (QED) is 0.609. The van der Waals surface area contributed by atoms with Crippen LogP contribution >= 0.6 is 22.9 Å². The third-order valence-electron chi connectivity index (χ3n) is 4.49. The summed E-state index contributed by atoms with van der Waals surface area (Å²) in [5, 5.41) is 8.54. The van der Waals surface area contributed by atoms with Gasteiger partial charge in [-0.15, -0.1) is 21.5 Å². The van der Waals surface area contributed by atoms with E-state index < -0.39 is 16.5 Å². The van der Waals surface area contributed by atoms with Gasteiger partial charge in [0.15, 0.2) is 0 Å². The number of aromatic nitrogens is 2. The first-order valence-electron chi connectivity index (χ1n) is 9.45. The van der Waals surface area contributed by atoms with Crippen molar-refractivity contribution in [3.05, 3.63) is 46.1 Å². The largest absolute Gasteiger partial charge is 0.421 e. The zero-order valence-corrected chi connectivity index (χ0v) is 19.9. The molecule has 1 unspecified atom stereocenters. The lowest BCUT2D eigenvalue weighted by Crippen LogP contribution is -2.47. The highest BCUT2D eigenvalue weighted by Gasteiger charge is 2.38. The molecule has 0 saturated carbocycles. The van der Waals surface area contributed by atoms with Crippen molar-refractivity contribution in [1.29, 1.82) is 0 Å². The second-order valence-electron chi connectivity index (χ2n) is 6.70. The minimum atomic E-state index is -1.26. The Kier molecular flexibility index (Phi) is 6.64. The molecule has 1 aromatic carbocycles. The van der Waals surface area contributed by atoms with E-state index in [2.05, 4.69) is 15.2 Å². The molecular formula is C20H24ClN5O2S2. The SMILES string of the molecule is CC.Cc1nnc(-c2cccc(-c3cc(Cl)c([C@]4(C)CS(=O)N(C)C(N)=N4)s3)c2)o1. The van der Waals surface area contributed by atoms with Gasteiger partial charge in [0.1, 0.15) is 16.5 Å². The molecule has 2 N–H and O–H groups in total. The normalized spacial score (nSPS) is 21.1. The van der Waals surface area contributed by atoms with Gasteiger partial charge in [-0.25, -0.2) is 9.20 Å². The van der Waals surface area contributed by atoms with Gasteiger partial charge in [-0.3, -0.25) is 4.31 Å². The van der Waals surface area contributed by atoms with Gasteiger partial charge in [-0.05, 0) is 30.7 Å². The topological polar surface area (TPSA) is 97.6 Å². The van der Waals surface area contributed by atoms with Gasteiger partial charge in [0.2, 0.25) is 17.7 Å². The third kappa shape index (κ3) is 4.28. The summed E-state index contributed by atoms with van der Waals surface area (Å²) < 4.78 is 19.4. The molecule has 160 valence electrons. The van der Waals surface area contributed by atoms with Crippen molar-refractivity contribution in [1.82, 2.24) is 14.5 Å². The Labute approximate surface area is 187 Å². The van der Waals surface area contributed by atoms with E-state index in [0.717, 1.165) is 20.9 Å². The molecule has 2 atom stereocenters. The number of hydrogen-bond acceptors (Lipinski definition) is 7. The van der Waals surface area contributed by atoms with Gasteiger partial charge in [-0.2, -0.15) is 0 Å². The molecule has 7 nitrogen and oxygen atoms in total. The van der Waals surface area contributed by atoms with Crippen molar-refractivity contribution in [3.8, 4) is 21.9 Å². The minimum Gasteiger partial charge on any atom is -0.421 e. The maximum Gasteiger partial charge on any atom is 0.247 e. The number of nitrogens with two attached hydrogens (primary N) is 1. The summed E-state index contributed by atoms with van der Waals surface area (Å²) in [6.45, 7) is 7.66. The fourth-order valence-electron chi connectivity index (χ4n) is 3.01. The van der Waals surface area contributed by atoms with E-state index in [4.69, 9.17) is 21.8 Å². The number of guanidine groups is 1. The van der Waals surface area contributed by atoms with Gasteiger partial charge in [-0.1, -0.05) is 37.6 Å². The van der Waals surface area contributed by atoms with Crippen LogP contribution in [0, 0.1) is 6.92 Å². The van der Waals surface area contributed by atoms with Gasteiger partial charge in [0.25, 0.3) is 0 Å². The second kappa shape index (κ2) is 8.87. The van der Waals surface area contributed by atoms with Gasteiger partial charge < -0.3 is 10.2 Å². The fraction of sp³-hybridized carbons (Fsp3) is 0.350. The van der Waals surface area contributed by atoms with Crippen LogP contribution in [0.25, 0.3) is 21.9 Å².